The molecular weight excluding hydrogens is 377 g/mol. The first kappa shape index (κ1) is 19.6. The summed E-state index contributed by atoms with van der Waals surface area (Å²) in [5, 5.41) is 17.3. The summed E-state index contributed by atoms with van der Waals surface area (Å²) >= 11 is 6.00. The summed E-state index contributed by atoms with van der Waals surface area (Å²) in [4.78, 5) is 22.3. The molecule has 2 amide bonds. The lowest BCUT2D eigenvalue weighted by atomic mass is 10.2. The van der Waals surface area contributed by atoms with Gasteiger partial charge in [0.25, 0.3) is 0 Å². The minimum Gasteiger partial charge on any atom is -0.481 e. The SMILES string of the molecule is Cc1cc(NC(=O)NCCC(=O)O)n(-c2cc(C(F)(F)F)ccc2Cl)n1. The summed E-state index contributed by atoms with van der Waals surface area (Å²) in [6, 6.07) is 3.47. The van der Waals surface area contributed by atoms with Gasteiger partial charge in [0.2, 0.25) is 0 Å². The van der Waals surface area contributed by atoms with Crippen LogP contribution in [-0.4, -0.2) is 33.4 Å². The van der Waals surface area contributed by atoms with E-state index in [2.05, 4.69) is 15.7 Å². The fourth-order valence-corrected chi connectivity index (χ4v) is 2.26. The van der Waals surface area contributed by atoms with Crippen molar-refractivity contribution in [3.8, 4) is 5.69 Å². The molecule has 0 spiro atoms. The quantitative estimate of drug-likeness (QED) is 0.728. The van der Waals surface area contributed by atoms with Gasteiger partial charge in [-0.1, -0.05) is 11.6 Å². The molecule has 0 aliphatic carbocycles. The number of urea groups is 1. The van der Waals surface area contributed by atoms with Crippen LogP contribution in [0, 0.1) is 6.92 Å². The summed E-state index contributed by atoms with van der Waals surface area (Å²) in [7, 11) is 0. The Labute approximate surface area is 150 Å². The molecule has 0 fully saturated rings. The fourth-order valence-electron chi connectivity index (χ4n) is 2.07. The third-order valence-corrected chi connectivity index (χ3v) is 3.52. The van der Waals surface area contributed by atoms with Crippen LogP contribution in [0.15, 0.2) is 24.3 Å². The highest BCUT2D eigenvalue weighted by Crippen LogP contribution is 2.34. The number of nitrogens with zero attached hydrogens (tertiary/aromatic N) is 2. The van der Waals surface area contributed by atoms with Gasteiger partial charge in [0.05, 0.1) is 28.4 Å². The number of hydrogen-bond donors (Lipinski definition) is 3. The molecular formula is C15H14ClF3N4O3. The van der Waals surface area contributed by atoms with E-state index in [0.717, 1.165) is 22.9 Å². The summed E-state index contributed by atoms with van der Waals surface area (Å²) in [5.41, 5.74) is -0.545. The molecule has 3 N–H and O–H groups in total. The molecule has 0 bridgehead atoms. The summed E-state index contributed by atoms with van der Waals surface area (Å²) in [5.74, 6) is -1.00. The van der Waals surface area contributed by atoms with Gasteiger partial charge < -0.3 is 10.4 Å². The van der Waals surface area contributed by atoms with Gasteiger partial charge in [-0.05, 0) is 25.1 Å². The highest BCUT2D eigenvalue weighted by Gasteiger charge is 2.31. The first-order chi connectivity index (χ1) is 12.1. The predicted molar refractivity (Wildman–Crippen MR) is 87.6 cm³/mol. The first-order valence-corrected chi connectivity index (χ1v) is 7.66. The van der Waals surface area contributed by atoms with Gasteiger partial charge in [0, 0.05) is 12.6 Å². The lowest BCUT2D eigenvalue weighted by Crippen LogP contribution is -2.31. The van der Waals surface area contributed by atoms with Gasteiger partial charge >= 0.3 is 18.2 Å². The molecule has 2 rings (SSSR count). The average molecular weight is 391 g/mol. The number of anilines is 1. The van der Waals surface area contributed by atoms with Gasteiger partial charge in [-0.2, -0.15) is 18.3 Å². The predicted octanol–water partition coefficient (Wildman–Crippen LogP) is 3.45. The van der Waals surface area contributed by atoms with E-state index in [-0.39, 0.29) is 29.5 Å². The number of aromatic nitrogens is 2. The fraction of sp³-hybridized carbons (Fsp3) is 0.267. The van der Waals surface area contributed by atoms with Gasteiger partial charge in [0.15, 0.2) is 0 Å². The van der Waals surface area contributed by atoms with Crippen molar-refractivity contribution >= 4 is 29.4 Å². The Morgan fingerprint density at radius 1 is 1.31 bits per heavy atom. The van der Waals surface area contributed by atoms with Gasteiger partial charge in [0.1, 0.15) is 5.82 Å². The number of aliphatic carboxylic acids is 1. The maximum atomic E-state index is 12.9. The van der Waals surface area contributed by atoms with Crippen LogP contribution >= 0.6 is 11.6 Å². The topological polar surface area (TPSA) is 96.3 Å². The zero-order valence-corrected chi connectivity index (χ0v) is 14.1. The molecule has 26 heavy (non-hydrogen) atoms. The lowest BCUT2D eigenvalue weighted by molar-refractivity contribution is -0.138. The van der Waals surface area contributed by atoms with Crippen molar-refractivity contribution in [1.82, 2.24) is 15.1 Å². The van der Waals surface area contributed by atoms with Crippen LogP contribution in [0.25, 0.3) is 5.69 Å². The van der Waals surface area contributed by atoms with Crippen LogP contribution in [0.4, 0.5) is 23.8 Å². The Morgan fingerprint density at radius 2 is 2.00 bits per heavy atom. The molecule has 140 valence electrons. The number of halogens is 4. The molecule has 11 heteroatoms. The molecule has 0 atom stereocenters. The van der Waals surface area contributed by atoms with Crippen LogP contribution < -0.4 is 10.6 Å². The Kier molecular flexibility index (Phi) is 5.76. The monoisotopic (exact) mass is 390 g/mol. The molecule has 0 aliphatic heterocycles. The zero-order valence-electron chi connectivity index (χ0n) is 13.4. The second kappa shape index (κ2) is 7.65. The summed E-state index contributed by atoms with van der Waals surface area (Å²) in [6.07, 6.45) is -4.84. The van der Waals surface area contributed by atoms with E-state index in [9.17, 15) is 22.8 Å². The number of hydrogen-bond acceptors (Lipinski definition) is 3. The van der Waals surface area contributed by atoms with E-state index in [0.29, 0.717) is 5.69 Å². The van der Waals surface area contributed by atoms with Crippen LogP contribution in [0.3, 0.4) is 0 Å². The number of carboxylic acids is 1. The minimum absolute atomic E-state index is 0.00966. The third-order valence-electron chi connectivity index (χ3n) is 3.20. The van der Waals surface area contributed by atoms with Crippen LogP contribution in [0.1, 0.15) is 17.7 Å². The molecule has 0 aliphatic rings. The molecule has 0 saturated heterocycles. The van der Waals surface area contributed by atoms with Crippen molar-refractivity contribution in [2.24, 2.45) is 0 Å². The lowest BCUT2D eigenvalue weighted by Gasteiger charge is -2.13. The van der Waals surface area contributed by atoms with Crippen molar-refractivity contribution in [2.45, 2.75) is 19.5 Å². The van der Waals surface area contributed by atoms with E-state index in [4.69, 9.17) is 16.7 Å². The third kappa shape index (κ3) is 4.88. The number of nitrogens with one attached hydrogen (secondary N) is 2. The van der Waals surface area contributed by atoms with E-state index < -0.39 is 23.7 Å². The minimum atomic E-state index is -4.57. The second-order valence-corrected chi connectivity index (χ2v) is 5.68. The van der Waals surface area contributed by atoms with Crippen molar-refractivity contribution in [1.29, 1.82) is 0 Å². The maximum Gasteiger partial charge on any atom is 0.416 e. The molecule has 1 heterocycles. The maximum absolute atomic E-state index is 12.9. The number of carbonyl (C=O) groups is 2. The van der Waals surface area contributed by atoms with Crippen molar-refractivity contribution in [2.75, 3.05) is 11.9 Å². The average Bonchev–Trinajstić information content (AvgIpc) is 2.86. The van der Waals surface area contributed by atoms with Crippen LogP contribution in [0.2, 0.25) is 5.02 Å². The normalized spacial score (nSPS) is 11.3. The molecule has 0 unspecified atom stereocenters. The van der Waals surface area contributed by atoms with E-state index in [1.165, 1.54) is 6.07 Å². The highest BCUT2D eigenvalue weighted by atomic mass is 35.5. The van der Waals surface area contributed by atoms with Crippen LogP contribution in [-0.2, 0) is 11.0 Å². The summed E-state index contributed by atoms with van der Waals surface area (Å²) < 4.78 is 39.9. The van der Waals surface area contributed by atoms with Crippen molar-refractivity contribution in [3.63, 3.8) is 0 Å². The van der Waals surface area contributed by atoms with Gasteiger partial charge in [-0.15, -0.1) is 0 Å². The first-order valence-electron chi connectivity index (χ1n) is 7.28. The molecule has 1 aromatic carbocycles. The van der Waals surface area contributed by atoms with E-state index >= 15 is 0 Å². The smallest absolute Gasteiger partial charge is 0.416 e. The van der Waals surface area contributed by atoms with Crippen molar-refractivity contribution in [3.05, 3.63) is 40.5 Å². The Bertz CT molecular complexity index is 836. The summed E-state index contributed by atoms with van der Waals surface area (Å²) in [6.45, 7) is 1.48. The number of benzene rings is 1. The van der Waals surface area contributed by atoms with E-state index in [1.807, 2.05) is 0 Å². The number of rotatable bonds is 5. The Hall–Kier alpha value is -2.75. The second-order valence-electron chi connectivity index (χ2n) is 5.27. The number of carbonyl (C=O) groups excluding carboxylic acids is 1. The Balaban J connectivity index is 2.29. The molecule has 1 aromatic heterocycles. The molecule has 0 radical (unpaired) electrons. The largest absolute Gasteiger partial charge is 0.481 e. The zero-order chi connectivity index (χ0) is 19.5. The standard InChI is InChI=1S/C15H14ClF3N4O3/c1-8-6-12(21-14(26)20-5-4-13(24)25)23(22-8)11-7-9(15(17,18)19)2-3-10(11)16/h2-3,6-7H,4-5H2,1H3,(H,24,25)(H2,20,21,26). The molecule has 7 nitrogen and oxygen atoms in total. The molecule has 2 aromatic rings. The highest BCUT2D eigenvalue weighted by molar-refractivity contribution is 6.32. The van der Waals surface area contributed by atoms with E-state index in [1.54, 1.807) is 6.92 Å². The number of carboxylic acid groups (broad SMARTS) is 1. The van der Waals surface area contributed by atoms with Crippen molar-refractivity contribution < 1.29 is 27.9 Å². The van der Waals surface area contributed by atoms with Gasteiger partial charge in [-0.25, -0.2) is 9.48 Å². The van der Waals surface area contributed by atoms with Gasteiger partial charge in [-0.3, -0.25) is 10.1 Å². The number of alkyl halides is 3. The Morgan fingerprint density at radius 3 is 2.62 bits per heavy atom. The number of aryl methyl sites for hydroxylation is 1. The number of amides is 2. The molecule has 0 saturated carbocycles. The van der Waals surface area contributed by atoms with Crippen LogP contribution in [0.5, 0.6) is 0 Å².